The monoisotopic (exact) mass is 405 g/mol. The topological polar surface area (TPSA) is 96.7 Å². The molecule has 0 spiro atoms. The Labute approximate surface area is 167 Å². The first-order valence-corrected chi connectivity index (χ1v) is 8.99. The molecule has 0 atom stereocenters. The first-order valence-electron chi connectivity index (χ1n) is 8.99. The Kier molecular flexibility index (Phi) is 4.20. The summed E-state index contributed by atoms with van der Waals surface area (Å²) in [6.45, 7) is 0.0629. The fourth-order valence-corrected chi connectivity index (χ4v) is 3.33. The number of fused-ring (bicyclic) bond motifs is 2. The van der Waals surface area contributed by atoms with E-state index in [2.05, 4.69) is 25.3 Å². The number of rotatable bonds is 4. The quantitative estimate of drug-likeness (QED) is 0.469. The number of H-pyrrole nitrogens is 1. The minimum atomic E-state index is -0.562. The lowest BCUT2D eigenvalue weighted by Crippen LogP contribution is -2.13. The van der Waals surface area contributed by atoms with Crippen molar-refractivity contribution < 1.29 is 13.2 Å². The number of nitrogens with one attached hydrogen (secondary N) is 2. The van der Waals surface area contributed by atoms with Crippen LogP contribution in [0.2, 0.25) is 0 Å². The summed E-state index contributed by atoms with van der Waals surface area (Å²) >= 11 is 0. The molecule has 0 unspecified atom stereocenters. The van der Waals surface area contributed by atoms with Crippen molar-refractivity contribution >= 4 is 28.0 Å². The smallest absolute Gasteiger partial charge is 0.200 e. The van der Waals surface area contributed by atoms with Crippen LogP contribution in [0.1, 0.15) is 5.76 Å². The number of halogens is 2. The molecule has 0 saturated heterocycles. The third kappa shape index (κ3) is 3.06. The number of hydrogen-bond donors (Lipinski definition) is 2. The fraction of sp³-hybridized carbons (Fsp3) is 0.0476. The van der Waals surface area contributed by atoms with Crippen molar-refractivity contribution in [3.8, 4) is 11.1 Å². The Bertz CT molecular complexity index is 1460. The normalized spacial score (nSPS) is 11.3. The van der Waals surface area contributed by atoms with Crippen LogP contribution in [0.25, 0.3) is 33.3 Å². The van der Waals surface area contributed by atoms with Crippen molar-refractivity contribution in [3.63, 3.8) is 0 Å². The zero-order chi connectivity index (χ0) is 20.7. The fourth-order valence-electron chi connectivity index (χ4n) is 3.33. The molecule has 5 aromatic rings. The molecule has 0 saturated carbocycles. The molecule has 0 aliphatic rings. The SMILES string of the molecule is O=c1c(-c2cccc(F)c2)c(CNc2ncnc3[nH]cnc23)oc2ccc(F)cc12. The summed E-state index contributed by atoms with van der Waals surface area (Å²) in [6, 6.07) is 9.31. The van der Waals surface area contributed by atoms with Gasteiger partial charge in [0.15, 0.2) is 11.5 Å². The molecule has 148 valence electrons. The minimum absolute atomic E-state index is 0.0629. The van der Waals surface area contributed by atoms with Gasteiger partial charge in [0, 0.05) is 0 Å². The lowest BCUT2D eigenvalue weighted by molar-refractivity contribution is 0.546. The predicted octanol–water partition coefficient (Wildman–Crippen LogP) is 4.02. The first kappa shape index (κ1) is 17.9. The van der Waals surface area contributed by atoms with Crippen LogP contribution < -0.4 is 10.7 Å². The minimum Gasteiger partial charge on any atom is -0.458 e. The molecule has 5 rings (SSSR count). The second-order valence-electron chi connectivity index (χ2n) is 6.56. The van der Waals surface area contributed by atoms with E-state index in [4.69, 9.17) is 4.42 Å². The van der Waals surface area contributed by atoms with Crippen molar-refractivity contribution in [2.45, 2.75) is 6.54 Å². The molecule has 0 radical (unpaired) electrons. The van der Waals surface area contributed by atoms with Gasteiger partial charge >= 0.3 is 0 Å². The predicted molar refractivity (Wildman–Crippen MR) is 107 cm³/mol. The molecule has 0 fully saturated rings. The summed E-state index contributed by atoms with van der Waals surface area (Å²) in [5.74, 6) is -0.368. The molecular formula is C21H13F2N5O2. The van der Waals surface area contributed by atoms with Gasteiger partial charge < -0.3 is 14.7 Å². The summed E-state index contributed by atoms with van der Waals surface area (Å²) in [5.41, 5.74) is 1.33. The van der Waals surface area contributed by atoms with Crippen LogP contribution >= 0.6 is 0 Å². The van der Waals surface area contributed by atoms with Gasteiger partial charge in [0.1, 0.15) is 34.8 Å². The van der Waals surface area contributed by atoms with Gasteiger partial charge in [0.05, 0.1) is 23.8 Å². The van der Waals surface area contributed by atoms with Crippen molar-refractivity contribution in [1.82, 2.24) is 19.9 Å². The van der Waals surface area contributed by atoms with E-state index in [1.54, 1.807) is 6.07 Å². The average Bonchev–Trinajstić information content (AvgIpc) is 3.22. The van der Waals surface area contributed by atoms with Gasteiger partial charge in [-0.1, -0.05) is 12.1 Å². The van der Waals surface area contributed by atoms with Crippen molar-refractivity contribution in [3.05, 3.63) is 82.7 Å². The van der Waals surface area contributed by atoms with Gasteiger partial charge in [-0.2, -0.15) is 0 Å². The van der Waals surface area contributed by atoms with Crippen LogP contribution in [0, 0.1) is 11.6 Å². The maximum absolute atomic E-state index is 13.8. The summed E-state index contributed by atoms with van der Waals surface area (Å²) in [5, 5.41) is 3.16. The molecule has 2 aromatic carbocycles. The van der Waals surface area contributed by atoms with Gasteiger partial charge in [-0.15, -0.1) is 0 Å². The Morgan fingerprint density at radius 2 is 1.90 bits per heavy atom. The number of nitrogens with zero attached hydrogens (tertiary/aromatic N) is 3. The molecule has 3 aromatic heterocycles. The number of aromatic amines is 1. The first-order chi connectivity index (χ1) is 14.6. The lowest BCUT2D eigenvalue weighted by atomic mass is 10.0. The molecule has 30 heavy (non-hydrogen) atoms. The molecule has 3 heterocycles. The van der Waals surface area contributed by atoms with Gasteiger partial charge in [0.25, 0.3) is 0 Å². The number of anilines is 1. The van der Waals surface area contributed by atoms with E-state index in [1.165, 1.54) is 43.0 Å². The molecule has 0 bridgehead atoms. The molecule has 0 aliphatic carbocycles. The highest BCUT2D eigenvalue weighted by atomic mass is 19.1. The standard InChI is InChI=1S/C21H13F2N5O2/c22-12-3-1-2-11(6-12)17-16(30-15-5-4-13(23)7-14(15)19(17)29)8-24-20-18-21(26-9-25-18)28-10-27-20/h1-7,9-10H,8H2,(H2,24,25,26,27,28). The second-order valence-corrected chi connectivity index (χ2v) is 6.56. The number of imidazole rings is 1. The number of hydrogen-bond acceptors (Lipinski definition) is 6. The van der Waals surface area contributed by atoms with Crippen LogP contribution in [0.4, 0.5) is 14.6 Å². The summed E-state index contributed by atoms with van der Waals surface area (Å²) in [6.07, 6.45) is 2.86. The van der Waals surface area contributed by atoms with E-state index in [0.29, 0.717) is 22.5 Å². The molecule has 7 nitrogen and oxygen atoms in total. The van der Waals surface area contributed by atoms with E-state index in [-0.39, 0.29) is 28.8 Å². The summed E-state index contributed by atoms with van der Waals surface area (Å²) < 4.78 is 33.5. The maximum Gasteiger partial charge on any atom is 0.200 e. The Hall–Kier alpha value is -4.14. The van der Waals surface area contributed by atoms with Gasteiger partial charge in [-0.3, -0.25) is 4.79 Å². The van der Waals surface area contributed by atoms with Crippen LogP contribution in [0.5, 0.6) is 0 Å². The molecule has 2 N–H and O–H groups in total. The van der Waals surface area contributed by atoms with Crippen molar-refractivity contribution in [1.29, 1.82) is 0 Å². The Morgan fingerprint density at radius 3 is 2.77 bits per heavy atom. The highest BCUT2D eigenvalue weighted by molar-refractivity contribution is 5.84. The molecular weight excluding hydrogens is 392 g/mol. The molecule has 9 heteroatoms. The van der Waals surface area contributed by atoms with E-state index in [9.17, 15) is 13.6 Å². The van der Waals surface area contributed by atoms with Gasteiger partial charge in [-0.05, 0) is 35.9 Å². The molecule has 0 amide bonds. The second kappa shape index (κ2) is 7.03. The van der Waals surface area contributed by atoms with Crippen LogP contribution in [0.3, 0.4) is 0 Å². The van der Waals surface area contributed by atoms with Gasteiger partial charge in [0.2, 0.25) is 5.43 Å². The third-order valence-electron chi connectivity index (χ3n) is 4.67. The van der Waals surface area contributed by atoms with E-state index in [1.807, 2.05) is 0 Å². The number of benzene rings is 2. The maximum atomic E-state index is 13.8. The van der Waals surface area contributed by atoms with Crippen LogP contribution in [-0.4, -0.2) is 19.9 Å². The van der Waals surface area contributed by atoms with Gasteiger partial charge in [-0.25, -0.2) is 23.7 Å². The van der Waals surface area contributed by atoms with E-state index >= 15 is 0 Å². The zero-order valence-corrected chi connectivity index (χ0v) is 15.3. The zero-order valence-electron chi connectivity index (χ0n) is 15.3. The largest absolute Gasteiger partial charge is 0.458 e. The summed E-state index contributed by atoms with van der Waals surface area (Å²) in [7, 11) is 0. The van der Waals surface area contributed by atoms with Crippen LogP contribution in [-0.2, 0) is 6.54 Å². The Morgan fingerprint density at radius 1 is 1.03 bits per heavy atom. The lowest BCUT2D eigenvalue weighted by Gasteiger charge is -2.12. The highest BCUT2D eigenvalue weighted by Crippen LogP contribution is 2.27. The van der Waals surface area contributed by atoms with Crippen molar-refractivity contribution in [2.24, 2.45) is 0 Å². The van der Waals surface area contributed by atoms with E-state index in [0.717, 1.165) is 6.07 Å². The van der Waals surface area contributed by atoms with Crippen LogP contribution in [0.15, 0.2) is 64.3 Å². The summed E-state index contributed by atoms with van der Waals surface area (Å²) in [4.78, 5) is 28.5. The van der Waals surface area contributed by atoms with E-state index < -0.39 is 17.1 Å². The van der Waals surface area contributed by atoms with Crippen molar-refractivity contribution in [2.75, 3.05) is 5.32 Å². The molecule has 0 aliphatic heterocycles. The average molecular weight is 405 g/mol. The highest BCUT2D eigenvalue weighted by Gasteiger charge is 2.18. The number of aromatic nitrogens is 4. The Balaban J connectivity index is 1.66. The third-order valence-corrected chi connectivity index (χ3v) is 4.67.